The number of hydrogen-bond donors (Lipinski definition) is 1. The molecule has 1 aromatic carbocycles. The third kappa shape index (κ3) is 2.51. The van der Waals surface area contributed by atoms with E-state index in [1.807, 2.05) is 0 Å². The number of hydrogen-bond acceptors (Lipinski definition) is 7. The molecule has 3 aromatic rings. The van der Waals surface area contributed by atoms with Crippen LogP contribution in [0.25, 0.3) is 11.0 Å². The maximum absolute atomic E-state index is 6.30. The van der Waals surface area contributed by atoms with Crippen LogP contribution in [-0.2, 0) is 6.42 Å². The predicted octanol–water partition coefficient (Wildman–Crippen LogP) is 2.06. The van der Waals surface area contributed by atoms with E-state index in [4.69, 9.17) is 32.7 Å². The molecule has 0 saturated heterocycles. The van der Waals surface area contributed by atoms with Crippen molar-refractivity contribution in [2.45, 2.75) is 6.42 Å². The summed E-state index contributed by atoms with van der Waals surface area (Å²) in [5, 5.41) is 14.4. The van der Waals surface area contributed by atoms with Gasteiger partial charge in [-0.05, 0) is 6.07 Å². The van der Waals surface area contributed by atoms with Gasteiger partial charge >= 0.3 is 0 Å². The molecule has 22 heavy (non-hydrogen) atoms. The van der Waals surface area contributed by atoms with Crippen molar-refractivity contribution in [3.05, 3.63) is 27.5 Å². The number of fused-ring (bicyclic) bond motifs is 1. The van der Waals surface area contributed by atoms with Gasteiger partial charge in [0.15, 0.2) is 5.82 Å². The normalized spacial score (nSPS) is 10.9. The Kier molecular flexibility index (Phi) is 3.95. The van der Waals surface area contributed by atoms with Crippen LogP contribution in [0.3, 0.4) is 0 Å². The van der Waals surface area contributed by atoms with Crippen LogP contribution in [0.5, 0.6) is 11.8 Å². The van der Waals surface area contributed by atoms with Crippen molar-refractivity contribution in [2.24, 2.45) is 0 Å². The summed E-state index contributed by atoms with van der Waals surface area (Å²) in [6.07, 6.45) is 0.302. The zero-order valence-corrected chi connectivity index (χ0v) is 13.1. The fourth-order valence-electron chi connectivity index (χ4n) is 2.01. The van der Waals surface area contributed by atoms with Gasteiger partial charge in [0.05, 0.1) is 35.3 Å². The Morgan fingerprint density at radius 2 is 1.86 bits per heavy atom. The molecule has 1 N–H and O–H groups in total. The molecule has 2 aromatic heterocycles. The van der Waals surface area contributed by atoms with Crippen LogP contribution in [0.1, 0.15) is 11.4 Å². The van der Waals surface area contributed by atoms with Gasteiger partial charge in [-0.2, -0.15) is 5.21 Å². The molecule has 0 aliphatic rings. The van der Waals surface area contributed by atoms with E-state index >= 15 is 0 Å². The van der Waals surface area contributed by atoms with Gasteiger partial charge in [-0.25, -0.2) is 9.97 Å². The van der Waals surface area contributed by atoms with Crippen LogP contribution in [0.2, 0.25) is 10.0 Å². The van der Waals surface area contributed by atoms with Gasteiger partial charge in [0.1, 0.15) is 0 Å². The monoisotopic (exact) mass is 340 g/mol. The van der Waals surface area contributed by atoms with E-state index in [0.29, 0.717) is 38.9 Å². The quantitative estimate of drug-likeness (QED) is 0.775. The second-order valence-corrected chi connectivity index (χ2v) is 5.05. The Bertz CT molecular complexity index is 824. The minimum atomic E-state index is 0.253. The van der Waals surface area contributed by atoms with Gasteiger partial charge in [0.25, 0.3) is 11.8 Å². The largest absolute Gasteiger partial charge is 0.477 e. The molecule has 2 heterocycles. The molecular weight excluding hydrogens is 331 g/mol. The van der Waals surface area contributed by atoms with E-state index < -0.39 is 0 Å². The molecule has 114 valence electrons. The van der Waals surface area contributed by atoms with Crippen molar-refractivity contribution in [3.8, 4) is 11.8 Å². The number of aromatic nitrogens is 6. The highest BCUT2D eigenvalue weighted by Gasteiger charge is 2.18. The van der Waals surface area contributed by atoms with Crippen LogP contribution < -0.4 is 9.47 Å². The van der Waals surface area contributed by atoms with Crippen LogP contribution in [-0.4, -0.2) is 44.8 Å². The van der Waals surface area contributed by atoms with Crippen LogP contribution >= 0.6 is 23.2 Å². The van der Waals surface area contributed by atoms with E-state index in [1.54, 1.807) is 6.07 Å². The van der Waals surface area contributed by atoms with Gasteiger partial charge < -0.3 is 9.47 Å². The van der Waals surface area contributed by atoms with Crippen molar-refractivity contribution in [3.63, 3.8) is 0 Å². The first-order chi connectivity index (χ1) is 10.6. The van der Waals surface area contributed by atoms with E-state index in [0.717, 1.165) is 0 Å². The molecule has 0 aliphatic carbocycles. The summed E-state index contributed by atoms with van der Waals surface area (Å²) in [4.78, 5) is 8.75. The first-order valence-corrected chi connectivity index (χ1v) is 6.88. The van der Waals surface area contributed by atoms with Gasteiger partial charge in [-0.1, -0.05) is 28.4 Å². The second-order valence-electron chi connectivity index (χ2n) is 4.27. The van der Waals surface area contributed by atoms with Crippen molar-refractivity contribution >= 4 is 34.2 Å². The van der Waals surface area contributed by atoms with E-state index in [-0.39, 0.29) is 11.8 Å². The van der Waals surface area contributed by atoms with E-state index in [9.17, 15) is 0 Å². The third-order valence-corrected chi connectivity index (χ3v) is 3.82. The number of benzene rings is 1. The molecule has 0 saturated carbocycles. The smallest absolute Gasteiger partial charge is 0.278 e. The number of halogens is 2. The van der Waals surface area contributed by atoms with Gasteiger partial charge in [0, 0.05) is 12.0 Å². The van der Waals surface area contributed by atoms with E-state index in [1.165, 1.54) is 14.2 Å². The van der Waals surface area contributed by atoms with Crippen molar-refractivity contribution in [1.29, 1.82) is 0 Å². The lowest BCUT2D eigenvalue weighted by Gasteiger charge is -2.11. The number of rotatable bonds is 4. The number of tetrazole rings is 1. The first kappa shape index (κ1) is 14.7. The van der Waals surface area contributed by atoms with Crippen molar-refractivity contribution < 1.29 is 9.47 Å². The zero-order chi connectivity index (χ0) is 15.7. The summed E-state index contributed by atoms with van der Waals surface area (Å²) in [5.74, 6) is 0.976. The number of methoxy groups -OCH3 is 2. The fraction of sp³-hybridized carbons (Fsp3) is 0.250. The molecule has 3 rings (SSSR count). The minimum absolute atomic E-state index is 0.253. The lowest BCUT2D eigenvalue weighted by atomic mass is 10.1. The molecule has 0 atom stereocenters. The highest BCUT2D eigenvalue weighted by atomic mass is 35.5. The highest BCUT2D eigenvalue weighted by molar-refractivity contribution is 6.43. The standard InChI is InChI=1S/C12H10Cl2N6O2/c1-21-11-12(22-2)16-10-5(3-8-17-19-20-18-8)9(14)6(13)4-7(10)15-11/h4H,3H2,1-2H3,(H,17,18,19,20). The Morgan fingerprint density at radius 1 is 1.14 bits per heavy atom. The molecule has 0 fully saturated rings. The number of nitrogens with one attached hydrogen (secondary N) is 1. The van der Waals surface area contributed by atoms with Crippen LogP contribution in [0, 0.1) is 0 Å². The summed E-state index contributed by atoms with van der Waals surface area (Å²) in [5.41, 5.74) is 1.71. The van der Waals surface area contributed by atoms with Crippen molar-refractivity contribution in [2.75, 3.05) is 14.2 Å². The molecule has 8 nitrogen and oxygen atoms in total. The molecule has 0 unspecified atom stereocenters. The molecule has 0 amide bonds. The van der Waals surface area contributed by atoms with Gasteiger partial charge in [-0.3, -0.25) is 0 Å². The maximum atomic E-state index is 6.30. The predicted molar refractivity (Wildman–Crippen MR) is 79.6 cm³/mol. The van der Waals surface area contributed by atoms with Crippen molar-refractivity contribution in [1.82, 2.24) is 30.6 Å². The Hall–Kier alpha value is -2.19. The highest BCUT2D eigenvalue weighted by Crippen LogP contribution is 2.35. The van der Waals surface area contributed by atoms with Gasteiger partial charge in [0.2, 0.25) is 0 Å². The molecular formula is C12H10Cl2N6O2. The lowest BCUT2D eigenvalue weighted by Crippen LogP contribution is -2.02. The molecule has 0 bridgehead atoms. The lowest BCUT2D eigenvalue weighted by molar-refractivity contribution is 0.334. The Labute approximate surface area is 134 Å². The zero-order valence-electron chi connectivity index (χ0n) is 11.6. The molecule has 0 radical (unpaired) electrons. The Morgan fingerprint density at radius 3 is 2.50 bits per heavy atom. The third-order valence-electron chi connectivity index (χ3n) is 3.00. The van der Waals surface area contributed by atoms with E-state index in [2.05, 4.69) is 30.6 Å². The molecule has 0 aliphatic heterocycles. The second kappa shape index (κ2) is 5.90. The maximum Gasteiger partial charge on any atom is 0.278 e. The minimum Gasteiger partial charge on any atom is -0.477 e. The van der Waals surface area contributed by atoms with Gasteiger partial charge in [-0.15, -0.1) is 10.2 Å². The summed E-state index contributed by atoms with van der Waals surface area (Å²) in [6.45, 7) is 0. The fourth-order valence-corrected chi connectivity index (χ4v) is 2.44. The summed E-state index contributed by atoms with van der Waals surface area (Å²) < 4.78 is 10.3. The molecule has 10 heteroatoms. The number of ether oxygens (including phenoxy) is 2. The average Bonchev–Trinajstić information content (AvgIpc) is 3.03. The summed E-state index contributed by atoms with van der Waals surface area (Å²) in [6, 6.07) is 1.62. The van der Waals surface area contributed by atoms with Crippen LogP contribution in [0.15, 0.2) is 6.07 Å². The SMILES string of the molecule is COc1nc2cc(Cl)c(Cl)c(Cc3nn[nH]n3)c2nc1OC. The molecule has 0 spiro atoms. The first-order valence-electron chi connectivity index (χ1n) is 6.13. The summed E-state index contributed by atoms with van der Waals surface area (Å²) >= 11 is 12.5. The number of H-pyrrole nitrogens is 1. The number of nitrogens with zero attached hydrogens (tertiary/aromatic N) is 5. The number of aromatic amines is 1. The topological polar surface area (TPSA) is 98.7 Å². The average molecular weight is 341 g/mol. The van der Waals surface area contributed by atoms with Crippen LogP contribution in [0.4, 0.5) is 0 Å². The summed E-state index contributed by atoms with van der Waals surface area (Å²) in [7, 11) is 2.96. The Balaban J connectivity index is 2.25.